The molecule has 0 bridgehead atoms. The Hall–Kier alpha value is -1.61. The van der Waals surface area contributed by atoms with Gasteiger partial charge in [-0.05, 0) is 43.4 Å². The van der Waals surface area contributed by atoms with Crippen LogP contribution >= 0.6 is 0 Å². The van der Waals surface area contributed by atoms with E-state index in [2.05, 4.69) is 5.10 Å². The van der Waals surface area contributed by atoms with Crippen molar-refractivity contribution in [3.63, 3.8) is 0 Å². The molecule has 0 aliphatic heterocycles. The smallest absolute Gasteiger partial charge is 0.0874 e. The van der Waals surface area contributed by atoms with Crippen molar-refractivity contribution >= 4 is 0 Å². The number of benzene rings is 1. The Morgan fingerprint density at radius 2 is 2.06 bits per heavy atom. The van der Waals surface area contributed by atoms with E-state index in [1.54, 1.807) is 4.68 Å². The second-order valence-corrected chi connectivity index (χ2v) is 5.11. The molecule has 2 rings (SSSR count). The summed E-state index contributed by atoms with van der Waals surface area (Å²) in [4.78, 5) is 0. The number of nitrogens with zero attached hydrogens (tertiary/aromatic N) is 2. The molecule has 1 unspecified atom stereocenters. The first-order valence-electron chi connectivity index (χ1n) is 6.25. The maximum atomic E-state index is 10.6. The second kappa shape index (κ2) is 4.94. The molecule has 1 aromatic heterocycles. The van der Waals surface area contributed by atoms with E-state index in [1.165, 1.54) is 0 Å². The minimum Gasteiger partial charge on any atom is -0.385 e. The van der Waals surface area contributed by atoms with E-state index in [0.29, 0.717) is 6.42 Å². The zero-order valence-electron chi connectivity index (χ0n) is 11.2. The largest absolute Gasteiger partial charge is 0.385 e. The summed E-state index contributed by atoms with van der Waals surface area (Å²) in [6.45, 7) is 3.92. The van der Waals surface area contributed by atoms with Crippen LogP contribution in [-0.4, -0.2) is 14.9 Å². The third-order valence-electron chi connectivity index (χ3n) is 3.38. The van der Waals surface area contributed by atoms with E-state index in [9.17, 15) is 5.11 Å². The van der Waals surface area contributed by atoms with Gasteiger partial charge in [-0.25, -0.2) is 0 Å². The molecule has 3 heteroatoms. The molecule has 96 valence electrons. The van der Waals surface area contributed by atoms with Crippen LogP contribution in [0.3, 0.4) is 0 Å². The molecule has 0 aliphatic rings. The molecule has 0 radical (unpaired) electrons. The Balaban J connectivity index is 2.10. The normalized spacial score (nSPS) is 14.4. The zero-order chi connectivity index (χ0) is 13.2. The zero-order valence-corrected chi connectivity index (χ0v) is 11.2. The summed E-state index contributed by atoms with van der Waals surface area (Å²) in [5.74, 6) is 0. The number of hydrogen-bond acceptors (Lipinski definition) is 2. The van der Waals surface area contributed by atoms with Crippen molar-refractivity contribution in [3.8, 4) is 0 Å². The molecule has 1 N–H and O–H groups in total. The van der Waals surface area contributed by atoms with Gasteiger partial charge in [0.1, 0.15) is 0 Å². The monoisotopic (exact) mass is 244 g/mol. The lowest BCUT2D eigenvalue weighted by Crippen LogP contribution is -2.23. The van der Waals surface area contributed by atoms with Crippen molar-refractivity contribution < 1.29 is 5.11 Å². The van der Waals surface area contributed by atoms with E-state index in [4.69, 9.17) is 0 Å². The number of aromatic nitrogens is 2. The molecule has 0 saturated carbocycles. The van der Waals surface area contributed by atoms with Crippen LogP contribution in [0.2, 0.25) is 0 Å². The van der Waals surface area contributed by atoms with Crippen LogP contribution in [0.4, 0.5) is 0 Å². The lowest BCUT2D eigenvalue weighted by Gasteiger charge is -2.25. The molecule has 0 spiro atoms. The van der Waals surface area contributed by atoms with Crippen LogP contribution in [0, 0.1) is 6.92 Å². The van der Waals surface area contributed by atoms with Gasteiger partial charge in [0.2, 0.25) is 0 Å². The fourth-order valence-corrected chi connectivity index (χ4v) is 2.30. The maximum Gasteiger partial charge on any atom is 0.0874 e. The van der Waals surface area contributed by atoms with E-state index in [-0.39, 0.29) is 0 Å². The summed E-state index contributed by atoms with van der Waals surface area (Å²) in [6, 6.07) is 8.00. The van der Waals surface area contributed by atoms with Gasteiger partial charge in [-0.2, -0.15) is 5.10 Å². The fourth-order valence-electron chi connectivity index (χ4n) is 2.30. The van der Waals surface area contributed by atoms with Crippen LogP contribution in [0.15, 0.2) is 36.7 Å². The van der Waals surface area contributed by atoms with Gasteiger partial charge in [0.05, 0.1) is 11.8 Å². The van der Waals surface area contributed by atoms with Crippen molar-refractivity contribution in [1.29, 1.82) is 0 Å². The second-order valence-electron chi connectivity index (χ2n) is 5.11. The average molecular weight is 244 g/mol. The summed E-state index contributed by atoms with van der Waals surface area (Å²) >= 11 is 0. The maximum absolute atomic E-state index is 10.6. The Morgan fingerprint density at radius 1 is 1.33 bits per heavy atom. The molecule has 2 aromatic rings. The Kier molecular flexibility index (Phi) is 3.53. The molecule has 0 saturated heterocycles. The summed E-state index contributed by atoms with van der Waals surface area (Å²) in [6.07, 6.45) is 5.38. The molecule has 1 aromatic carbocycles. The highest BCUT2D eigenvalue weighted by atomic mass is 16.3. The van der Waals surface area contributed by atoms with Crippen LogP contribution in [-0.2, 0) is 19.1 Å². The average Bonchev–Trinajstić information content (AvgIpc) is 2.73. The Labute approximate surface area is 108 Å². The minimum atomic E-state index is -0.790. The van der Waals surface area contributed by atoms with Crippen LogP contribution in [0.25, 0.3) is 0 Å². The quantitative estimate of drug-likeness (QED) is 0.897. The first-order chi connectivity index (χ1) is 8.49. The van der Waals surface area contributed by atoms with Crippen LogP contribution in [0.1, 0.15) is 30.0 Å². The van der Waals surface area contributed by atoms with Gasteiger partial charge in [0.15, 0.2) is 0 Å². The summed E-state index contributed by atoms with van der Waals surface area (Å²) in [5.41, 5.74) is 2.51. The minimum absolute atomic E-state index is 0.698. The van der Waals surface area contributed by atoms with E-state index < -0.39 is 5.60 Å². The lowest BCUT2D eigenvalue weighted by atomic mass is 9.87. The molecule has 0 fully saturated rings. The first-order valence-corrected chi connectivity index (χ1v) is 6.25. The van der Waals surface area contributed by atoms with Crippen molar-refractivity contribution in [3.05, 3.63) is 53.3 Å². The highest BCUT2D eigenvalue weighted by Crippen LogP contribution is 2.28. The van der Waals surface area contributed by atoms with Crippen LogP contribution < -0.4 is 0 Å². The standard InChI is InChI=1S/C15H20N2O/c1-12-6-4-5-7-14(12)15(2,18)9-8-13-10-16-17(3)11-13/h4-7,10-11,18H,8-9H2,1-3H3. The van der Waals surface area contributed by atoms with E-state index >= 15 is 0 Å². The molecule has 1 heterocycles. The molecule has 18 heavy (non-hydrogen) atoms. The molecule has 1 atom stereocenters. The molecule has 3 nitrogen and oxygen atoms in total. The topological polar surface area (TPSA) is 38.1 Å². The highest BCUT2D eigenvalue weighted by Gasteiger charge is 2.24. The number of rotatable bonds is 4. The van der Waals surface area contributed by atoms with Crippen molar-refractivity contribution in [2.24, 2.45) is 7.05 Å². The summed E-state index contributed by atoms with van der Waals surface area (Å²) in [5, 5.41) is 14.8. The van der Waals surface area contributed by atoms with Gasteiger partial charge >= 0.3 is 0 Å². The van der Waals surface area contributed by atoms with Gasteiger partial charge in [0.25, 0.3) is 0 Å². The third kappa shape index (κ3) is 2.79. The van der Waals surface area contributed by atoms with Crippen molar-refractivity contribution in [2.45, 2.75) is 32.3 Å². The van der Waals surface area contributed by atoms with E-state index in [0.717, 1.165) is 23.1 Å². The van der Waals surface area contributed by atoms with Crippen LogP contribution in [0.5, 0.6) is 0 Å². The highest BCUT2D eigenvalue weighted by molar-refractivity contribution is 5.30. The molecular formula is C15H20N2O. The molecule has 0 amide bonds. The Bertz CT molecular complexity index is 529. The van der Waals surface area contributed by atoms with Gasteiger partial charge in [-0.3, -0.25) is 4.68 Å². The fraction of sp³-hybridized carbons (Fsp3) is 0.400. The lowest BCUT2D eigenvalue weighted by molar-refractivity contribution is 0.0474. The van der Waals surface area contributed by atoms with Gasteiger partial charge in [-0.1, -0.05) is 24.3 Å². The van der Waals surface area contributed by atoms with Gasteiger partial charge in [0, 0.05) is 13.2 Å². The summed E-state index contributed by atoms with van der Waals surface area (Å²) < 4.78 is 1.79. The number of hydrogen-bond donors (Lipinski definition) is 1. The SMILES string of the molecule is Cc1ccccc1C(C)(O)CCc1cnn(C)c1. The first kappa shape index (κ1) is 12.8. The number of aliphatic hydroxyl groups is 1. The predicted molar refractivity (Wildman–Crippen MR) is 72.3 cm³/mol. The summed E-state index contributed by atoms with van der Waals surface area (Å²) in [7, 11) is 1.91. The predicted octanol–water partition coefficient (Wildman–Crippen LogP) is 2.57. The molecule has 0 aliphatic carbocycles. The van der Waals surface area contributed by atoms with Gasteiger partial charge < -0.3 is 5.11 Å². The van der Waals surface area contributed by atoms with Gasteiger partial charge in [-0.15, -0.1) is 0 Å². The van der Waals surface area contributed by atoms with E-state index in [1.807, 2.05) is 57.6 Å². The molecular weight excluding hydrogens is 224 g/mol. The van der Waals surface area contributed by atoms with Crippen molar-refractivity contribution in [1.82, 2.24) is 9.78 Å². The van der Waals surface area contributed by atoms with Crippen molar-refractivity contribution in [2.75, 3.05) is 0 Å². The third-order valence-corrected chi connectivity index (χ3v) is 3.38. The number of aryl methyl sites for hydroxylation is 3. The Morgan fingerprint density at radius 3 is 2.67 bits per heavy atom.